The van der Waals surface area contributed by atoms with Gasteiger partial charge in [-0.15, -0.1) is 11.3 Å². The van der Waals surface area contributed by atoms with Gasteiger partial charge in [-0.3, -0.25) is 0 Å². The SMILES string of the molecule is CC1(C)CB(c2ccc(-c3ccc(-c4ccc5sc6c7ccccc7ccc6c5c4)cc3)cc2)OC1(C)C. The van der Waals surface area contributed by atoms with Crippen LogP contribution in [0.15, 0.2) is 103 Å². The molecule has 3 heteroatoms. The largest absolute Gasteiger partial charge is 0.426 e. The predicted molar refractivity (Wildman–Crippen MR) is 167 cm³/mol. The van der Waals surface area contributed by atoms with Crippen LogP contribution in [0.1, 0.15) is 27.7 Å². The van der Waals surface area contributed by atoms with Gasteiger partial charge in [0.15, 0.2) is 0 Å². The van der Waals surface area contributed by atoms with Crippen molar-refractivity contribution >= 4 is 54.7 Å². The van der Waals surface area contributed by atoms with Crippen LogP contribution >= 0.6 is 11.3 Å². The molecule has 186 valence electrons. The van der Waals surface area contributed by atoms with Crippen molar-refractivity contribution in [3.05, 3.63) is 103 Å². The van der Waals surface area contributed by atoms with Crippen molar-refractivity contribution in [1.82, 2.24) is 0 Å². The Kier molecular flexibility index (Phi) is 5.34. The predicted octanol–water partition coefficient (Wildman–Crippen LogP) is 9.58. The van der Waals surface area contributed by atoms with Crippen molar-refractivity contribution in [3.8, 4) is 22.3 Å². The molecule has 0 bridgehead atoms. The molecular formula is C35H31BOS. The fraction of sp³-hybridized carbons (Fsp3) is 0.200. The summed E-state index contributed by atoms with van der Waals surface area (Å²) in [6.45, 7) is 9.21. The molecule has 6 aromatic rings. The molecule has 0 saturated carbocycles. The molecule has 2 heterocycles. The van der Waals surface area contributed by atoms with E-state index in [1.54, 1.807) is 0 Å². The summed E-state index contributed by atoms with van der Waals surface area (Å²) in [4.78, 5) is 0. The standard InChI is InChI=1S/C35H31BOS/c1-34(2)22-36(37-35(34,3)4)28-17-13-24(14-18-28)23-9-11-25(12-10-23)27-16-20-32-31(21-27)30-19-15-26-7-5-6-8-29(26)33(30)38-32/h5-21H,22H2,1-4H3. The lowest BCUT2D eigenvalue weighted by Crippen LogP contribution is -2.36. The maximum atomic E-state index is 6.43. The van der Waals surface area contributed by atoms with Gasteiger partial charge in [-0.25, -0.2) is 0 Å². The third kappa shape index (κ3) is 3.80. The van der Waals surface area contributed by atoms with Gasteiger partial charge in [0.05, 0.1) is 5.60 Å². The fourth-order valence-electron chi connectivity index (χ4n) is 5.88. The highest BCUT2D eigenvalue weighted by atomic mass is 32.1. The minimum absolute atomic E-state index is 0.113. The van der Waals surface area contributed by atoms with Gasteiger partial charge < -0.3 is 4.65 Å². The number of benzene rings is 5. The Bertz CT molecular complexity index is 1790. The summed E-state index contributed by atoms with van der Waals surface area (Å²) in [5.74, 6) is 0. The highest BCUT2D eigenvalue weighted by Crippen LogP contribution is 2.45. The van der Waals surface area contributed by atoms with Gasteiger partial charge in [-0.2, -0.15) is 0 Å². The summed E-state index contributed by atoms with van der Waals surface area (Å²) in [7, 11) is 0. The first-order chi connectivity index (χ1) is 18.3. The molecule has 0 amide bonds. The molecule has 1 nitrogen and oxygen atoms in total. The quantitative estimate of drug-likeness (QED) is 0.215. The molecule has 0 spiro atoms. The summed E-state index contributed by atoms with van der Waals surface area (Å²) >= 11 is 1.90. The molecule has 38 heavy (non-hydrogen) atoms. The third-order valence-electron chi connectivity index (χ3n) is 8.96. The lowest BCUT2D eigenvalue weighted by atomic mass is 9.54. The van der Waals surface area contributed by atoms with Crippen LogP contribution in [0.5, 0.6) is 0 Å². The fourth-order valence-corrected chi connectivity index (χ4v) is 7.10. The van der Waals surface area contributed by atoms with Gasteiger partial charge in [0.1, 0.15) is 0 Å². The first-order valence-electron chi connectivity index (χ1n) is 13.5. The van der Waals surface area contributed by atoms with Crippen molar-refractivity contribution in [1.29, 1.82) is 0 Å². The van der Waals surface area contributed by atoms with Gasteiger partial charge in [-0.05, 0) is 76.2 Å². The van der Waals surface area contributed by atoms with Gasteiger partial charge in [0.2, 0.25) is 0 Å². The maximum absolute atomic E-state index is 6.43. The Balaban J connectivity index is 1.17. The minimum Gasteiger partial charge on any atom is -0.426 e. The molecule has 7 rings (SSSR count). The number of hydrogen-bond acceptors (Lipinski definition) is 2. The Morgan fingerprint density at radius 3 is 1.95 bits per heavy atom. The monoisotopic (exact) mass is 510 g/mol. The Morgan fingerprint density at radius 1 is 0.632 bits per heavy atom. The van der Waals surface area contributed by atoms with Gasteiger partial charge in [-0.1, -0.05) is 105 Å². The normalized spacial score (nSPS) is 16.6. The van der Waals surface area contributed by atoms with Crippen LogP contribution < -0.4 is 5.46 Å². The zero-order valence-corrected chi connectivity index (χ0v) is 23.2. The van der Waals surface area contributed by atoms with Crippen LogP contribution in [0.2, 0.25) is 6.32 Å². The van der Waals surface area contributed by atoms with Gasteiger partial charge >= 0.3 is 6.92 Å². The van der Waals surface area contributed by atoms with E-state index in [0.717, 1.165) is 6.32 Å². The lowest BCUT2D eigenvalue weighted by Gasteiger charge is -2.34. The summed E-state index contributed by atoms with van der Waals surface area (Å²) in [6.07, 6.45) is 1.05. The Labute approximate surface area is 229 Å². The summed E-state index contributed by atoms with van der Waals surface area (Å²) < 4.78 is 9.15. The lowest BCUT2D eigenvalue weighted by molar-refractivity contribution is 0.0375. The van der Waals surface area contributed by atoms with E-state index in [0.29, 0.717) is 0 Å². The van der Waals surface area contributed by atoms with Crippen molar-refractivity contribution in [2.45, 2.75) is 39.6 Å². The van der Waals surface area contributed by atoms with Crippen molar-refractivity contribution in [3.63, 3.8) is 0 Å². The van der Waals surface area contributed by atoms with Crippen LogP contribution in [0, 0.1) is 5.41 Å². The summed E-state index contributed by atoms with van der Waals surface area (Å²) in [5, 5.41) is 5.34. The number of rotatable bonds is 3. The van der Waals surface area contributed by atoms with Crippen LogP contribution in [-0.2, 0) is 4.65 Å². The zero-order chi connectivity index (χ0) is 26.1. The molecule has 1 aliphatic rings. The van der Waals surface area contributed by atoms with Crippen LogP contribution in [0.3, 0.4) is 0 Å². The van der Waals surface area contributed by atoms with Crippen LogP contribution in [0.25, 0.3) is 53.2 Å². The van der Waals surface area contributed by atoms with E-state index in [1.165, 1.54) is 58.7 Å². The molecule has 0 aliphatic carbocycles. The van der Waals surface area contributed by atoms with E-state index in [1.807, 2.05) is 11.3 Å². The number of thiophene rings is 1. The molecule has 0 N–H and O–H groups in total. The second-order valence-corrected chi connectivity index (χ2v) is 12.9. The average molecular weight is 511 g/mol. The molecule has 0 radical (unpaired) electrons. The molecule has 1 aliphatic heterocycles. The Morgan fingerprint density at radius 2 is 1.26 bits per heavy atom. The highest BCUT2D eigenvalue weighted by molar-refractivity contribution is 7.26. The topological polar surface area (TPSA) is 9.23 Å². The molecular weight excluding hydrogens is 479 g/mol. The smallest absolute Gasteiger partial charge is 0.327 e. The van der Waals surface area contributed by atoms with Crippen LogP contribution in [-0.4, -0.2) is 12.5 Å². The number of fused-ring (bicyclic) bond motifs is 5. The van der Waals surface area contributed by atoms with E-state index in [4.69, 9.17) is 4.65 Å². The summed E-state index contributed by atoms with van der Waals surface area (Å²) in [6, 6.07) is 38.1. The second-order valence-electron chi connectivity index (χ2n) is 11.9. The van der Waals surface area contributed by atoms with Gasteiger partial charge in [0.25, 0.3) is 0 Å². The molecule has 0 atom stereocenters. The van der Waals surface area contributed by atoms with E-state index in [-0.39, 0.29) is 17.9 Å². The molecule has 5 aromatic carbocycles. The van der Waals surface area contributed by atoms with E-state index >= 15 is 0 Å². The average Bonchev–Trinajstić information content (AvgIpc) is 3.41. The highest BCUT2D eigenvalue weighted by Gasteiger charge is 2.49. The van der Waals surface area contributed by atoms with Crippen molar-refractivity contribution in [2.75, 3.05) is 0 Å². The summed E-state index contributed by atoms with van der Waals surface area (Å²) in [5.41, 5.74) is 6.31. The first-order valence-corrected chi connectivity index (χ1v) is 14.3. The zero-order valence-electron chi connectivity index (χ0n) is 22.4. The maximum Gasteiger partial charge on any atom is 0.327 e. The second kappa shape index (κ2) is 8.56. The number of hydrogen-bond donors (Lipinski definition) is 0. The molecule has 1 aromatic heterocycles. The minimum atomic E-state index is -0.113. The van der Waals surface area contributed by atoms with E-state index < -0.39 is 0 Å². The van der Waals surface area contributed by atoms with Crippen molar-refractivity contribution < 1.29 is 4.65 Å². The first kappa shape index (κ1) is 23.7. The van der Waals surface area contributed by atoms with Crippen LogP contribution in [0.4, 0.5) is 0 Å². The van der Waals surface area contributed by atoms with E-state index in [2.05, 4.69) is 131 Å². The molecule has 1 fully saturated rings. The third-order valence-corrected chi connectivity index (χ3v) is 10.2. The Hall–Kier alpha value is -3.40. The molecule has 0 unspecified atom stereocenters. The van der Waals surface area contributed by atoms with Gasteiger partial charge in [0, 0.05) is 20.2 Å². The van der Waals surface area contributed by atoms with E-state index in [9.17, 15) is 0 Å². The van der Waals surface area contributed by atoms with Crippen molar-refractivity contribution in [2.24, 2.45) is 5.41 Å². The molecule has 1 saturated heterocycles.